The van der Waals surface area contributed by atoms with Crippen LogP contribution in [0.5, 0.6) is 0 Å². The van der Waals surface area contributed by atoms with E-state index >= 15 is 0 Å². The predicted octanol–water partition coefficient (Wildman–Crippen LogP) is 15.1. The summed E-state index contributed by atoms with van der Waals surface area (Å²) in [5, 5.41) is 2.15. The van der Waals surface area contributed by atoms with Crippen LogP contribution in [-0.2, 0) is 10.8 Å². The van der Waals surface area contributed by atoms with E-state index < -0.39 is 0 Å². The number of benzene rings is 8. The maximum absolute atomic E-state index is 6.69. The second-order valence-electron chi connectivity index (χ2n) is 16.5. The lowest BCUT2D eigenvalue weighted by Gasteiger charge is -2.30. The van der Waals surface area contributed by atoms with Gasteiger partial charge in [0.05, 0.1) is 16.8 Å². The summed E-state index contributed by atoms with van der Waals surface area (Å²) in [6, 6.07) is 66.2. The van der Waals surface area contributed by atoms with Crippen molar-refractivity contribution in [2.45, 2.75) is 38.5 Å². The zero-order valence-electron chi connectivity index (χ0n) is 32.6. The van der Waals surface area contributed by atoms with Gasteiger partial charge < -0.3 is 14.2 Å². The molecule has 0 N–H and O–H groups in total. The van der Waals surface area contributed by atoms with Crippen LogP contribution in [-0.4, -0.2) is 0 Å². The number of para-hydroxylation sites is 2. The molecule has 0 spiro atoms. The molecule has 11 rings (SSSR count). The van der Waals surface area contributed by atoms with Gasteiger partial charge in [-0.25, -0.2) is 0 Å². The van der Waals surface area contributed by atoms with Crippen molar-refractivity contribution < 1.29 is 4.42 Å². The Morgan fingerprint density at radius 3 is 1.63 bits per heavy atom. The van der Waals surface area contributed by atoms with Crippen LogP contribution in [0.2, 0.25) is 0 Å². The van der Waals surface area contributed by atoms with Gasteiger partial charge >= 0.3 is 0 Å². The van der Waals surface area contributed by atoms with Crippen molar-refractivity contribution in [3.8, 4) is 22.3 Å². The van der Waals surface area contributed by atoms with Gasteiger partial charge in [0.1, 0.15) is 11.2 Å². The summed E-state index contributed by atoms with van der Waals surface area (Å²) in [4.78, 5) is 4.83. The van der Waals surface area contributed by atoms with Crippen LogP contribution < -0.4 is 9.80 Å². The lowest BCUT2D eigenvalue weighted by atomic mass is 9.82. The summed E-state index contributed by atoms with van der Waals surface area (Å²) in [5.74, 6) is 0. The summed E-state index contributed by atoms with van der Waals surface area (Å²) in [6.07, 6.45) is 0. The molecule has 0 saturated carbocycles. The minimum Gasteiger partial charge on any atom is -0.456 e. The van der Waals surface area contributed by atoms with Crippen molar-refractivity contribution in [2.24, 2.45) is 0 Å². The van der Waals surface area contributed by atoms with Crippen LogP contribution in [0.25, 0.3) is 44.2 Å². The Labute approximate surface area is 334 Å². The van der Waals surface area contributed by atoms with Gasteiger partial charge in [0.25, 0.3) is 0 Å². The average molecular weight is 735 g/mol. The fourth-order valence-electron chi connectivity index (χ4n) is 9.88. The number of hydrogen-bond donors (Lipinski definition) is 0. The first-order valence-corrected chi connectivity index (χ1v) is 19.9. The van der Waals surface area contributed by atoms with E-state index in [2.05, 4.69) is 219 Å². The fourth-order valence-corrected chi connectivity index (χ4v) is 9.88. The maximum Gasteiger partial charge on any atom is 0.137 e. The summed E-state index contributed by atoms with van der Waals surface area (Å²) >= 11 is 0. The monoisotopic (exact) mass is 734 g/mol. The van der Waals surface area contributed by atoms with Crippen molar-refractivity contribution in [3.63, 3.8) is 0 Å². The van der Waals surface area contributed by atoms with Crippen LogP contribution in [0.1, 0.15) is 49.9 Å². The molecule has 8 aromatic carbocycles. The molecule has 1 aromatic heterocycles. The van der Waals surface area contributed by atoms with E-state index in [1.54, 1.807) is 0 Å². The van der Waals surface area contributed by atoms with Gasteiger partial charge in [0.15, 0.2) is 0 Å². The number of nitrogens with zero attached hydrogens (tertiary/aromatic N) is 2. The van der Waals surface area contributed by atoms with E-state index in [0.717, 1.165) is 50.4 Å². The zero-order chi connectivity index (χ0) is 38.5. The second kappa shape index (κ2) is 12.3. The Hall–Kier alpha value is -6.84. The molecule has 3 heteroatoms. The predicted molar refractivity (Wildman–Crippen MR) is 238 cm³/mol. The van der Waals surface area contributed by atoms with Crippen molar-refractivity contribution in [2.75, 3.05) is 9.80 Å². The topological polar surface area (TPSA) is 19.6 Å². The number of furan rings is 1. The van der Waals surface area contributed by atoms with Crippen molar-refractivity contribution in [1.82, 2.24) is 0 Å². The molecule has 2 aliphatic carbocycles. The van der Waals surface area contributed by atoms with E-state index in [1.807, 2.05) is 0 Å². The third-order valence-electron chi connectivity index (χ3n) is 12.6. The molecule has 2 aliphatic rings. The molecular weight excluding hydrogens is 693 g/mol. The Balaban J connectivity index is 1.18. The first-order valence-electron chi connectivity index (χ1n) is 19.9. The van der Waals surface area contributed by atoms with Gasteiger partial charge in [-0.1, -0.05) is 137 Å². The number of anilines is 6. The fraction of sp³-hybridized carbons (Fsp3) is 0.111. The minimum absolute atomic E-state index is 0.132. The summed E-state index contributed by atoms with van der Waals surface area (Å²) in [6.45, 7) is 9.44. The number of rotatable bonds is 6. The summed E-state index contributed by atoms with van der Waals surface area (Å²) < 4.78 is 6.69. The summed E-state index contributed by atoms with van der Waals surface area (Å²) in [5.41, 5.74) is 18.7. The molecule has 0 aliphatic heterocycles. The first-order chi connectivity index (χ1) is 27.8. The molecule has 9 aromatic rings. The van der Waals surface area contributed by atoms with Crippen LogP contribution in [0.3, 0.4) is 0 Å². The van der Waals surface area contributed by atoms with Gasteiger partial charge in [-0.05, 0) is 112 Å². The second-order valence-corrected chi connectivity index (χ2v) is 16.5. The largest absolute Gasteiger partial charge is 0.456 e. The molecule has 274 valence electrons. The van der Waals surface area contributed by atoms with Crippen LogP contribution in [0.4, 0.5) is 34.1 Å². The molecule has 0 fully saturated rings. The highest BCUT2D eigenvalue weighted by Gasteiger charge is 2.39. The van der Waals surface area contributed by atoms with Gasteiger partial charge in [-0.3, -0.25) is 0 Å². The first kappa shape index (κ1) is 33.5. The number of hydrogen-bond acceptors (Lipinski definition) is 3. The third kappa shape index (κ3) is 4.91. The molecule has 0 bridgehead atoms. The van der Waals surface area contributed by atoms with E-state index in [0.29, 0.717) is 0 Å². The highest BCUT2D eigenvalue weighted by atomic mass is 16.3. The Morgan fingerprint density at radius 2 is 0.895 bits per heavy atom. The zero-order valence-corrected chi connectivity index (χ0v) is 32.6. The molecule has 0 saturated heterocycles. The molecule has 1 heterocycles. The van der Waals surface area contributed by atoms with E-state index in [-0.39, 0.29) is 10.8 Å². The Morgan fingerprint density at radius 1 is 0.368 bits per heavy atom. The number of fused-ring (bicyclic) bond motifs is 9. The van der Waals surface area contributed by atoms with Crippen LogP contribution >= 0.6 is 0 Å². The van der Waals surface area contributed by atoms with Gasteiger partial charge in [0, 0.05) is 44.5 Å². The van der Waals surface area contributed by atoms with E-state index in [4.69, 9.17) is 4.42 Å². The molecule has 57 heavy (non-hydrogen) atoms. The third-order valence-corrected chi connectivity index (χ3v) is 12.6. The molecule has 3 nitrogen and oxygen atoms in total. The van der Waals surface area contributed by atoms with Crippen LogP contribution in [0, 0.1) is 0 Å². The van der Waals surface area contributed by atoms with Crippen molar-refractivity contribution >= 4 is 56.1 Å². The van der Waals surface area contributed by atoms with Crippen molar-refractivity contribution in [3.05, 3.63) is 204 Å². The Kier molecular flexibility index (Phi) is 7.25. The Bertz CT molecular complexity index is 2990. The molecule has 0 amide bonds. The quantitative estimate of drug-likeness (QED) is 0.170. The lowest BCUT2D eigenvalue weighted by molar-refractivity contribution is 0.660. The SMILES string of the molecule is CC1(C)c2ccccc2-c2ccc(N(c3ccc4oc5cccc(N(c6ccccc6)c6ccccc6)c5c4c3)c3cccc4c3-c3ccccc3C4(C)C)cc21. The average Bonchev–Trinajstić information content (AvgIpc) is 3.82. The van der Waals surface area contributed by atoms with Gasteiger partial charge in [-0.15, -0.1) is 0 Å². The van der Waals surface area contributed by atoms with Gasteiger partial charge in [-0.2, -0.15) is 0 Å². The summed E-state index contributed by atoms with van der Waals surface area (Å²) in [7, 11) is 0. The van der Waals surface area contributed by atoms with Crippen LogP contribution in [0.15, 0.2) is 186 Å². The van der Waals surface area contributed by atoms with E-state index in [9.17, 15) is 0 Å². The lowest BCUT2D eigenvalue weighted by Crippen LogP contribution is -2.17. The highest BCUT2D eigenvalue weighted by molar-refractivity contribution is 6.14. The normalized spacial score (nSPS) is 14.2. The highest BCUT2D eigenvalue weighted by Crippen LogP contribution is 2.56. The molecule has 0 atom stereocenters. The standard InChI is InChI=1S/C54H42N2O/c1-53(2)44-24-14-12-22-41(44)51-45(53)25-15-26-47(51)56(38-29-31-40-39-21-11-13-23-43(39)54(3,4)46(40)34-38)37-30-32-49-42(33-37)52-48(27-16-28-50(52)57-49)55(35-17-7-5-8-18-35)36-19-9-6-10-20-36/h5-34H,1-4H3. The molecule has 0 radical (unpaired) electrons. The minimum atomic E-state index is -0.140. The smallest absolute Gasteiger partial charge is 0.137 e. The van der Waals surface area contributed by atoms with E-state index in [1.165, 1.54) is 50.2 Å². The van der Waals surface area contributed by atoms with Gasteiger partial charge in [0.2, 0.25) is 0 Å². The molecular formula is C54H42N2O. The van der Waals surface area contributed by atoms with Crippen molar-refractivity contribution in [1.29, 1.82) is 0 Å². The maximum atomic E-state index is 6.69. The molecule has 0 unspecified atom stereocenters.